The molecule has 0 aromatic heterocycles. The Bertz CT molecular complexity index is 503. The maximum absolute atomic E-state index is 10.5. The first-order valence-corrected chi connectivity index (χ1v) is 8.36. The molecule has 3 rings (SSSR count). The van der Waals surface area contributed by atoms with Gasteiger partial charge in [0, 0.05) is 12.0 Å². The van der Waals surface area contributed by atoms with Crippen molar-refractivity contribution in [1.29, 1.82) is 0 Å². The number of hydrogen-bond donors (Lipinski definition) is 1. The Morgan fingerprint density at radius 3 is 2.67 bits per heavy atom. The zero-order valence-corrected chi connectivity index (χ0v) is 13.6. The smallest absolute Gasteiger partial charge is 0.125 e. The molecule has 0 bridgehead atoms. The van der Waals surface area contributed by atoms with Crippen molar-refractivity contribution < 1.29 is 9.84 Å². The zero-order chi connectivity index (χ0) is 15.1. The van der Waals surface area contributed by atoms with Crippen LogP contribution < -0.4 is 4.74 Å². The molecule has 2 unspecified atom stereocenters. The number of aliphatic hydroxyl groups excluding tert-OH is 1. The van der Waals surface area contributed by atoms with Crippen molar-refractivity contribution in [3.05, 3.63) is 29.8 Å². The first-order valence-electron chi connectivity index (χ1n) is 8.36. The number of hydrogen-bond acceptors (Lipinski definition) is 2. The molecule has 1 aliphatic carbocycles. The van der Waals surface area contributed by atoms with Gasteiger partial charge >= 0.3 is 0 Å². The molecule has 0 amide bonds. The van der Waals surface area contributed by atoms with Gasteiger partial charge in [-0.1, -0.05) is 39.0 Å². The van der Waals surface area contributed by atoms with Crippen LogP contribution in [0.3, 0.4) is 0 Å². The molecule has 2 aliphatic rings. The first kappa shape index (κ1) is 14.9. The van der Waals surface area contributed by atoms with Crippen LogP contribution in [0.15, 0.2) is 24.3 Å². The molecule has 1 fully saturated rings. The SMILES string of the molecule is CC(C)(C)C1CCCC2(CC1)C[C@@H](O)c1ccccc1O2. The number of rotatable bonds is 0. The fraction of sp³-hybridized carbons (Fsp3) is 0.684. The molecule has 1 aromatic rings. The number of aliphatic hydroxyl groups is 1. The summed E-state index contributed by atoms with van der Waals surface area (Å²) in [5.41, 5.74) is 1.18. The van der Waals surface area contributed by atoms with Gasteiger partial charge in [-0.2, -0.15) is 0 Å². The van der Waals surface area contributed by atoms with E-state index in [0.717, 1.165) is 36.5 Å². The molecule has 1 aliphatic heterocycles. The maximum atomic E-state index is 10.5. The average molecular weight is 288 g/mol. The Kier molecular flexibility index (Phi) is 3.77. The van der Waals surface area contributed by atoms with E-state index in [1.807, 2.05) is 24.3 Å². The van der Waals surface area contributed by atoms with Crippen LogP contribution in [0.1, 0.15) is 71.0 Å². The van der Waals surface area contributed by atoms with Crippen LogP contribution in [0.4, 0.5) is 0 Å². The van der Waals surface area contributed by atoms with Crippen molar-refractivity contribution in [2.45, 2.75) is 71.0 Å². The minimum atomic E-state index is -0.374. The second-order valence-electron chi connectivity index (χ2n) is 8.04. The fourth-order valence-electron chi connectivity index (χ4n) is 4.14. The van der Waals surface area contributed by atoms with Crippen LogP contribution in [0.2, 0.25) is 0 Å². The molecule has 1 spiro atoms. The standard InChI is InChI=1S/C19H28O2/c1-18(2,3)14-7-6-11-19(12-10-14)13-16(20)15-8-4-5-9-17(15)21-19/h4-5,8-9,14,16,20H,6-7,10-13H2,1-3H3/t14?,16-,19?/m1/s1. The van der Waals surface area contributed by atoms with E-state index in [2.05, 4.69) is 20.8 Å². The van der Waals surface area contributed by atoms with Crippen molar-refractivity contribution in [1.82, 2.24) is 0 Å². The van der Waals surface area contributed by atoms with E-state index < -0.39 is 0 Å². The van der Waals surface area contributed by atoms with Gasteiger partial charge in [-0.3, -0.25) is 0 Å². The monoisotopic (exact) mass is 288 g/mol. The Labute approximate surface area is 128 Å². The van der Waals surface area contributed by atoms with E-state index in [1.54, 1.807) is 0 Å². The van der Waals surface area contributed by atoms with E-state index in [-0.39, 0.29) is 11.7 Å². The highest BCUT2D eigenvalue weighted by Gasteiger charge is 2.42. The third kappa shape index (κ3) is 2.96. The highest BCUT2D eigenvalue weighted by atomic mass is 16.5. The van der Waals surface area contributed by atoms with Crippen molar-refractivity contribution in [2.75, 3.05) is 0 Å². The Morgan fingerprint density at radius 1 is 1.14 bits per heavy atom. The third-order valence-corrected chi connectivity index (χ3v) is 5.53. The second-order valence-corrected chi connectivity index (χ2v) is 8.04. The van der Waals surface area contributed by atoms with E-state index >= 15 is 0 Å². The predicted octanol–water partition coefficient (Wildman–Crippen LogP) is 4.87. The highest BCUT2D eigenvalue weighted by molar-refractivity contribution is 5.38. The van der Waals surface area contributed by atoms with Gasteiger partial charge in [0.15, 0.2) is 0 Å². The van der Waals surface area contributed by atoms with Gasteiger partial charge in [-0.25, -0.2) is 0 Å². The summed E-state index contributed by atoms with van der Waals surface area (Å²) < 4.78 is 6.41. The molecule has 3 atom stereocenters. The van der Waals surface area contributed by atoms with Crippen LogP contribution in [-0.2, 0) is 0 Å². The highest BCUT2D eigenvalue weighted by Crippen LogP contribution is 2.48. The van der Waals surface area contributed by atoms with Gasteiger partial charge < -0.3 is 9.84 Å². The fourth-order valence-corrected chi connectivity index (χ4v) is 4.14. The molecule has 2 heteroatoms. The largest absolute Gasteiger partial charge is 0.487 e. The van der Waals surface area contributed by atoms with Crippen LogP contribution in [0.5, 0.6) is 5.75 Å². The maximum Gasteiger partial charge on any atom is 0.125 e. The normalized spacial score (nSPS) is 33.1. The van der Waals surface area contributed by atoms with Gasteiger partial charge in [0.05, 0.1) is 6.10 Å². The Hall–Kier alpha value is -1.02. The Morgan fingerprint density at radius 2 is 1.90 bits per heavy atom. The van der Waals surface area contributed by atoms with E-state index in [1.165, 1.54) is 19.3 Å². The summed E-state index contributed by atoms with van der Waals surface area (Å²) in [6.45, 7) is 7.05. The van der Waals surface area contributed by atoms with Gasteiger partial charge in [0.1, 0.15) is 11.4 Å². The minimum Gasteiger partial charge on any atom is -0.487 e. The van der Waals surface area contributed by atoms with Crippen molar-refractivity contribution in [2.24, 2.45) is 11.3 Å². The molecule has 0 radical (unpaired) electrons. The van der Waals surface area contributed by atoms with Crippen LogP contribution in [0, 0.1) is 11.3 Å². The lowest BCUT2D eigenvalue weighted by atomic mass is 9.76. The van der Waals surface area contributed by atoms with Crippen LogP contribution in [-0.4, -0.2) is 10.7 Å². The lowest BCUT2D eigenvalue weighted by molar-refractivity contribution is -0.0259. The van der Waals surface area contributed by atoms with E-state index in [9.17, 15) is 5.11 Å². The van der Waals surface area contributed by atoms with Crippen molar-refractivity contribution in [3.63, 3.8) is 0 Å². The van der Waals surface area contributed by atoms with Crippen molar-refractivity contribution >= 4 is 0 Å². The van der Waals surface area contributed by atoms with Gasteiger partial charge in [-0.05, 0) is 49.5 Å². The van der Waals surface area contributed by atoms with Gasteiger partial charge in [-0.15, -0.1) is 0 Å². The van der Waals surface area contributed by atoms with E-state index in [4.69, 9.17) is 4.74 Å². The molecule has 116 valence electrons. The lowest BCUT2D eigenvalue weighted by Gasteiger charge is -2.41. The summed E-state index contributed by atoms with van der Waals surface area (Å²) in [7, 11) is 0. The molecule has 1 N–H and O–H groups in total. The summed E-state index contributed by atoms with van der Waals surface area (Å²) in [4.78, 5) is 0. The summed E-state index contributed by atoms with van der Waals surface area (Å²) in [6.07, 6.45) is 6.22. The molecule has 1 aromatic carbocycles. The quantitative estimate of drug-likeness (QED) is 0.738. The topological polar surface area (TPSA) is 29.5 Å². The molecule has 2 nitrogen and oxygen atoms in total. The summed E-state index contributed by atoms with van der Waals surface area (Å²) >= 11 is 0. The van der Waals surface area contributed by atoms with Crippen molar-refractivity contribution in [3.8, 4) is 5.75 Å². The predicted molar refractivity (Wildman–Crippen MR) is 85.4 cm³/mol. The number of fused-ring (bicyclic) bond motifs is 1. The molecule has 1 heterocycles. The lowest BCUT2D eigenvalue weighted by Crippen LogP contribution is -2.40. The summed E-state index contributed by atoms with van der Waals surface area (Å²) in [5.74, 6) is 1.65. The number of para-hydroxylation sites is 1. The molecular weight excluding hydrogens is 260 g/mol. The zero-order valence-electron chi connectivity index (χ0n) is 13.6. The van der Waals surface area contributed by atoms with E-state index in [0.29, 0.717) is 5.41 Å². The summed E-state index contributed by atoms with van der Waals surface area (Å²) in [6, 6.07) is 7.97. The first-order chi connectivity index (χ1) is 9.90. The van der Waals surface area contributed by atoms with Crippen LogP contribution in [0.25, 0.3) is 0 Å². The van der Waals surface area contributed by atoms with Gasteiger partial charge in [0.25, 0.3) is 0 Å². The molecule has 0 saturated heterocycles. The molecular formula is C19H28O2. The Balaban J connectivity index is 1.81. The second kappa shape index (κ2) is 5.31. The van der Waals surface area contributed by atoms with Gasteiger partial charge in [0.2, 0.25) is 0 Å². The van der Waals surface area contributed by atoms with Crippen LogP contribution >= 0.6 is 0 Å². The third-order valence-electron chi connectivity index (χ3n) is 5.53. The number of ether oxygens (including phenoxy) is 1. The molecule has 1 saturated carbocycles. The average Bonchev–Trinajstić information content (AvgIpc) is 2.61. The summed E-state index contributed by atoms with van der Waals surface area (Å²) in [5, 5.41) is 10.5. The minimum absolute atomic E-state index is 0.145. The number of benzene rings is 1. The molecule has 21 heavy (non-hydrogen) atoms.